The van der Waals surface area contributed by atoms with E-state index in [1.165, 1.54) is 0 Å². The van der Waals surface area contributed by atoms with Crippen LogP contribution in [-0.4, -0.2) is 33.6 Å². The minimum Gasteiger partial charge on any atom is -0.351 e. The van der Waals surface area contributed by atoms with Crippen molar-refractivity contribution in [3.63, 3.8) is 0 Å². The van der Waals surface area contributed by atoms with Crippen LogP contribution in [-0.2, 0) is 16.0 Å². The number of benzene rings is 1. The summed E-state index contributed by atoms with van der Waals surface area (Å²) in [7, 11) is 0. The van der Waals surface area contributed by atoms with Crippen molar-refractivity contribution in [1.29, 1.82) is 0 Å². The number of carbonyl (C=O) groups is 2. The molecule has 7 nitrogen and oxygen atoms in total. The van der Waals surface area contributed by atoms with Crippen molar-refractivity contribution in [3.05, 3.63) is 29.6 Å². The van der Waals surface area contributed by atoms with Crippen molar-refractivity contribution in [2.45, 2.75) is 46.1 Å². The summed E-state index contributed by atoms with van der Waals surface area (Å²) in [5.74, 6) is 0.634. The Kier molecular flexibility index (Phi) is 4.83. The summed E-state index contributed by atoms with van der Waals surface area (Å²) in [6.45, 7) is 6.83. The zero-order chi connectivity index (χ0) is 18.0. The van der Waals surface area contributed by atoms with Crippen LogP contribution in [0, 0.1) is 6.92 Å². The van der Waals surface area contributed by atoms with Crippen molar-refractivity contribution in [1.82, 2.24) is 20.3 Å². The maximum Gasteiger partial charge on any atom is 0.267 e. The lowest BCUT2D eigenvalue weighted by atomic mass is 10.1. The molecule has 0 bridgehead atoms. The first kappa shape index (κ1) is 17.1. The van der Waals surface area contributed by atoms with Crippen molar-refractivity contribution < 1.29 is 9.59 Å². The molecule has 1 aromatic heterocycles. The van der Waals surface area contributed by atoms with E-state index in [1.807, 2.05) is 6.92 Å². The number of nitrogens with one attached hydrogen (secondary N) is 2. The number of imidazole rings is 1. The van der Waals surface area contributed by atoms with E-state index >= 15 is 0 Å². The largest absolute Gasteiger partial charge is 0.351 e. The molecule has 7 heteroatoms. The Balaban J connectivity index is 1.62. The van der Waals surface area contributed by atoms with E-state index in [9.17, 15) is 9.59 Å². The predicted molar refractivity (Wildman–Crippen MR) is 96.4 cm³/mol. The van der Waals surface area contributed by atoms with Crippen molar-refractivity contribution in [2.24, 2.45) is 5.10 Å². The first-order valence-electron chi connectivity index (χ1n) is 8.57. The van der Waals surface area contributed by atoms with Crippen LogP contribution < -0.4 is 10.7 Å². The fourth-order valence-electron chi connectivity index (χ4n) is 3.13. The standard InChI is InChI=1S/C18H23N5O2/c1-11(2)23-12(3)20-15-10-13(4-6-16(15)23)8-9-19-18(25)14-5-7-17(24)22-21-14/h4,6,10-11H,5,7-9H2,1-3H3,(H,19,25)(H,22,24). The average Bonchev–Trinajstić information content (AvgIpc) is 2.90. The van der Waals surface area contributed by atoms with Gasteiger partial charge in [0.2, 0.25) is 5.91 Å². The summed E-state index contributed by atoms with van der Waals surface area (Å²) in [4.78, 5) is 27.7. The fraction of sp³-hybridized carbons (Fsp3) is 0.444. The lowest BCUT2D eigenvalue weighted by molar-refractivity contribution is -0.121. The van der Waals surface area contributed by atoms with Crippen LogP contribution in [0.3, 0.4) is 0 Å². The van der Waals surface area contributed by atoms with Gasteiger partial charge in [0.15, 0.2) is 0 Å². The number of aromatic nitrogens is 2. The van der Waals surface area contributed by atoms with Gasteiger partial charge in [0.25, 0.3) is 5.91 Å². The van der Waals surface area contributed by atoms with E-state index in [0.29, 0.717) is 31.1 Å². The van der Waals surface area contributed by atoms with E-state index in [0.717, 1.165) is 28.8 Å². The topological polar surface area (TPSA) is 88.4 Å². The molecule has 1 aliphatic rings. The number of nitrogens with zero attached hydrogens (tertiary/aromatic N) is 3. The van der Waals surface area contributed by atoms with E-state index in [-0.39, 0.29) is 11.8 Å². The van der Waals surface area contributed by atoms with Gasteiger partial charge in [-0.1, -0.05) is 6.07 Å². The fourth-order valence-corrected chi connectivity index (χ4v) is 3.13. The highest BCUT2D eigenvalue weighted by Crippen LogP contribution is 2.21. The summed E-state index contributed by atoms with van der Waals surface area (Å²) in [6, 6.07) is 6.61. The monoisotopic (exact) mass is 341 g/mol. The Labute approximate surface area is 146 Å². The van der Waals surface area contributed by atoms with Crippen molar-refractivity contribution in [3.8, 4) is 0 Å². The highest BCUT2D eigenvalue weighted by Gasteiger charge is 2.17. The normalized spacial score (nSPS) is 14.6. The van der Waals surface area contributed by atoms with E-state index in [2.05, 4.69) is 57.4 Å². The van der Waals surface area contributed by atoms with Gasteiger partial charge in [-0.3, -0.25) is 9.59 Å². The summed E-state index contributed by atoms with van der Waals surface area (Å²) in [5.41, 5.74) is 5.95. The molecule has 0 fully saturated rings. The summed E-state index contributed by atoms with van der Waals surface area (Å²) >= 11 is 0. The number of hydrazone groups is 1. The van der Waals surface area contributed by atoms with Gasteiger partial charge in [0.05, 0.1) is 11.0 Å². The molecule has 0 radical (unpaired) electrons. The number of rotatable bonds is 5. The van der Waals surface area contributed by atoms with Crippen LogP contribution in [0.2, 0.25) is 0 Å². The number of hydrogen-bond donors (Lipinski definition) is 2. The number of fused-ring (bicyclic) bond motifs is 1. The quantitative estimate of drug-likeness (QED) is 0.870. The Morgan fingerprint density at radius 2 is 2.16 bits per heavy atom. The van der Waals surface area contributed by atoms with E-state index in [1.54, 1.807) is 0 Å². The smallest absolute Gasteiger partial charge is 0.267 e. The third kappa shape index (κ3) is 3.70. The van der Waals surface area contributed by atoms with Gasteiger partial charge in [-0.25, -0.2) is 10.4 Å². The first-order chi connectivity index (χ1) is 12.0. The van der Waals surface area contributed by atoms with Crippen LogP contribution in [0.1, 0.15) is 44.1 Å². The third-order valence-electron chi connectivity index (χ3n) is 4.31. The average molecular weight is 341 g/mol. The Morgan fingerprint density at radius 3 is 2.84 bits per heavy atom. The van der Waals surface area contributed by atoms with Gasteiger partial charge in [-0.2, -0.15) is 5.10 Å². The number of amides is 2. The lowest BCUT2D eigenvalue weighted by Gasteiger charge is -2.12. The minimum atomic E-state index is -0.221. The molecule has 0 unspecified atom stereocenters. The Hall–Kier alpha value is -2.70. The first-order valence-corrected chi connectivity index (χ1v) is 8.57. The van der Waals surface area contributed by atoms with Gasteiger partial charge in [0.1, 0.15) is 11.5 Å². The van der Waals surface area contributed by atoms with E-state index < -0.39 is 0 Å². The highest BCUT2D eigenvalue weighted by atomic mass is 16.2. The second-order valence-electron chi connectivity index (χ2n) is 6.55. The molecule has 2 heterocycles. The molecular formula is C18H23N5O2. The molecule has 3 rings (SSSR count). The molecule has 1 aliphatic heterocycles. The molecule has 2 aromatic rings. The number of hydrogen-bond acceptors (Lipinski definition) is 4. The molecule has 0 aliphatic carbocycles. The lowest BCUT2D eigenvalue weighted by Crippen LogP contribution is -2.37. The Morgan fingerprint density at radius 1 is 1.36 bits per heavy atom. The molecule has 0 saturated carbocycles. The molecule has 1 aromatic carbocycles. The molecule has 0 atom stereocenters. The maximum atomic E-state index is 12.0. The Bertz CT molecular complexity index is 851. The molecule has 25 heavy (non-hydrogen) atoms. The summed E-state index contributed by atoms with van der Waals surface area (Å²) in [6.07, 6.45) is 1.41. The van der Waals surface area contributed by atoms with Crippen LogP contribution in [0.25, 0.3) is 11.0 Å². The van der Waals surface area contributed by atoms with Gasteiger partial charge < -0.3 is 9.88 Å². The zero-order valence-corrected chi connectivity index (χ0v) is 14.8. The van der Waals surface area contributed by atoms with Crippen molar-refractivity contribution >= 4 is 28.6 Å². The maximum absolute atomic E-state index is 12.0. The van der Waals surface area contributed by atoms with Crippen LogP contribution in [0.15, 0.2) is 23.3 Å². The van der Waals surface area contributed by atoms with Gasteiger partial charge >= 0.3 is 0 Å². The van der Waals surface area contributed by atoms with Gasteiger partial charge in [0, 0.05) is 25.4 Å². The van der Waals surface area contributed by atoms with Crippen LogP contribution >= 0.6 is 0 Å². The second-order valence-corrected chi connectivity index (χ2v) is 6.55. The van der Waals surface area contributed by atoms with E-state index in [4.69, 9.17) is 0 Å². The predicted octanol–water partition coefficient (Wildman–Crippen LogP) is 1.85. The van der Waals surface area contributed by atoms with Crippen LogP contribution in [0.5, 0.6) is 0 Å². The molecule has 132 valence electrons. The highest BCUT2D eigenvalue weighted by molar-refractivity contribution is 6.39. The molecule has 0 saturated heterocycles. The van der Waals surface area contributed by atoms with Gasteiger partial charge in [-0.05, 0) is 44.9 Å². The second kappa shape index (κ2) is 7.04. The SMILES string of the molecule is Cc1nc2cc(CCNC(=O)C3=NNC(=O)CC3)ccc2n1C(C)C. The zero-order valence-electron chi connectivity index (χ0n) is 14.8. The number of carbonyl (C=O) groups excluding carboxylic acids is 2. The number of aryl methyl sites for hydroxylation is 1. The van der Waals surface area contributed by atoms with Crippen molar-refractivity contribution in [2.75, 3.05) is 6.54 Å². The molecule has 2 amide bonds. The molecule has 0 spiro atoms. The van der Waals surface area contributed by atoms with Crippen LogP contribution in [0.4, 0.5) is 0 Å². The molecule has 2 N–H and O–H groups in total. The van der Waals surface area contributed by atoms with Gasteiger partial charge in [-0.15, -0.1) is 0 Å². The molecular weight excluding hydrogens is 318 g/mol. The summed E-state index contributed by atoms with van der Waals surface area (Å²) in [5, 5.41) is 6.65. The third-order valence-corrected chi connectivity index (χ3v) is 4.31. The minimum absolute atomic E-state index is 0.152. The summed E-state index contributed by atoms with van der Waals surface area (Å²) < 4.78 is 2.22.